The summed E-state index contributed by atoms with van der Waals surface area (Å²) in [5, 5.41) is 0. The van der Waals surface area contributed by atoms with E-state index in [9.17, 15) is 9.18 Å². The highest BCUT2D eigenvalue weighted by atomic mass is 19.1. The predicted octanol–water partition coefficient (Wildman–Crippen LogP) is 5.84. The molecule has 5 rings (SSSR count). The summed E-state index contributed by atoms with van der Waals surface area (Å²) in [6, 6.07) is 11.6. The van der Waals surface area contributed by atoms with Crippen molar-refractivity contribution in [1.82, 2.24) is 9.55 Å². The second-order valence-electron chi connectivity index (χ2n) is 9.03. The SMILES string of the molecule is [C-]#[N+]c1ccc(-c2nc(N3CCC(C)CC3)c(F)c(=O)n2-c2ccc(C3CC3)cc2)cc1F. The minimum absolute atomic E-state index is 0.00224. The van der Waals surface area contributed by atoms with Gasteiger partial charge in [-0.3, -0.25) is 9.36 Å². The molecule has 1 saturated carbocycles. The van der Waals surface area contributed by atoms with Gasteiger partial charge < -0.3 is 4.90 Å². The van der Waals surface area contributed by atoms with Crippen molar-refractivity contribution >= 4 is 11.5 Å². The number of halogens is 2. The van der Waals surface area contributed by atoms with E-state index in [1.54, 1.807) is 23.1 Å². The first-order chi connectivity index (χ1) is 16.0. The Bertz CT molecular complexity index is 1300. The number of aromatic nitrogens is 2. The lowest BCUT2D eigenvalue weighted by Gasteiger charge is -2.31. The molecule has 0 bridgehead atoms. The number of rotatable bonds is 4. The maximum absolute atomic E-state index is 15.4. The van der Waals surface area contributed by atoms with E-state index >= 15 is 4.39 Å². The fourth-order valence-electron chi connectivity index (χ4n) is 4.40. The van der Waals surface area contributed by atoms with Crippen LogP contribution in [-0.2, 0) is 0 Å². The van der Waals surface area contributed by atoms with Gasteiger partial charge in [-0.15, -0.1) is 0 Å². The first kappa shape index (κ1) is 21.3. The van der Waals surface area contributed by atoms with Crippen molar-refractivity contribution in [2.45, 2.75) is 38.5 Å². The van der Waals surface area contributed by atoms with E-state index in [0.717, 1.165) is 25.7 Å². The first-order valence-corrected chi connectivity index (χ1v) is 11.3. The van der Waals surface area contributed by atoms with E-state index in [1.165, 1.54) is 22.3 Å². The summed E-state index contributed by atoms with van der Waals surface area (Å²) in [6.45, 7) is 10.5. The summed E-state index contributed by atoms with van der Waals surface area (Å²) in [5.41, 5.74) is 1.04. The molecule has 2 aliphatic rings. The van der Waals surface area contributed by atoms with Crippen LogP contribution in [0.3, 0.4) is 0 Å². The lowest BCUT2D eigenvalue weighted by molar-refractivity contribution is 0.431. The first-order valence-electron chi connectivity index (χ1n) is 11.3. The summed E-state index contributed by atoms with van der Waals surface area (Å²) in [5.74, 6) is -0.372. The largest absolute Gasteiger partial charge is 0.354 e. The van der Waals surface area contributed by atoms with Crippen molar-refractivity contribution in [2.24, 2.45) is 5.92 Å². The van der Waals surface area contributed by atoms with Crippen LogP contribution in [0.5, 0.6) is 0 Å². The monoisotopic (exact) mass is 446 g/mol. The van der Waals surface area contributed by atoms with E-state index in [4.69, 9.17) is 6.57 Å². The van der Waals surface area contributed by atoms with Crippen LogP contribution in [0.25, 0.3) is 21.9 Å². The minimum atomic E-state index is -0.905. The molecule has 3 aromatic rings. The zero-order valence-electron chi connectivity index (χ0n) is 18.4. The Morgan fingerprint density at radius 2 is 1.73 bits per heavy atom. The normalized spacial score (nSPS) is 16.6. The van der Waals surface area contributed by atoms with Crippen LogP contribution in [-0.4, -0.2) is 22.6 Å². The number of nitrogens with zero attached hydrogens (tertiary/aromatic N) is 4. The Balaban J connectivity index is 1.68. The molecule has 2 heterocycles. The molecule has 168 valence electrons. The van der Waals surface area contributed by atoms with E-state index in [-0.39, 0.29) is 17.3 Å². The van der Waals surface area contributed by atoms with Gasteiger partial charge in [-0.2, -0.15) is 4.39 Å². The molecular formula is C26H24F2N4O. The van der Waals surface area contributed by atoms with Crippen LogP contribution in [0.4, 0.5) is 20.3 Å². The third-order valence-electron chi connectivity index (χ3n) is 6.62. The number of hydrogen-bond donors (Lipinski definition) is 0. The van der Waals surface area contributed by atoms with Crippen LogP contribution >= 0.6 is 0 Å². The average molecular weight is 447 g/mol. The van der Waals surface area contributed by atoms with Gasteiger partial charge in [0.25, 0.3) is 5.56 Å². The molecular weight excluding hydrogens is 422 g/mol. The van der Waals surface area contributed by atoms with E-state index in [1.807, 2.05) is 12.1 Å². The molecule has 0 radical (unpaired) electrons. The molecule has 0 atom stereocenters. The molecule has 1 aliphatic heterocycles. The van der Waals surface area contributed by atoms with Crippen LogP contribution in [0.15, 0.2) is 47.3 Å². The Morgan fingerprint density at radius 1 is 1.03 bits per heavy atom. The van der Waals surface area contributed by atoms with Gasteiger partial charge in [-0.1, -0.05) is 31.2 Å². The Morgan fingerprint density at radius 3 is 2.33 bits per heavy atom. The standard InChI is InChI=1S/C26H24F2N4O/c1-16-11-13-31(14-12-16)25-23(28)26(33)32(20-8-5-18(6-9-20)17-3-4-17)24(30-25)19-7-10-22(29-2)21(27)15-19/h5-10,15-17H,3-4,11-14H2,1H3. The third kappa shape index (κ3) is 4.02. The maximum atomic E-state index is 15.4. The molecule has 7 heteroatoms. The molecule has 1 saturated heterocycles. The smallest absolute Gasteiger partial charge is 0.296 e. The lowest BCUT2D eigenvalue weighted by atomic mass is 9.99. The molecule has 2 aromatic carbocycles. The van der Waals surface area contributed by atoms with E-state index in [0.29, 0.717) is 36.2 Å². The molecule has 2 fully saturated rings. The van der Waals surface area contributed by atoms with Crippen LogP contribution < -0.4 is 10.5 Å². The summed E-state index contributed by atoms with van der Waals surface area (Å²) < 4.78 is 31.1. The van der Waals surface area contributed by atoms with Crippen LogP contribution in [0.2, 0.25) is 0 Å². The van der Waals surface area contributed by atoms with Gasteiger partial charge in [0.2, 0.25) is 11.5 Å². The fourth-order valence-corrected chi connectivity index (χ4v) is 4.40. The zero-order valence-corrected chi connectivity index (χ0v) is 18.4. The van der Waals surface area contributed by atoms with Crippen LogP contribution in [0, 0.1) is 24.1 Å². The van der Waals surface area contributed by atoms with Gasteiger partial charge >= 0.3 is 0 Å². The molecule has 5 nitrogen and oxygen atoms in total. The highest BCUT2D eigenvalue weighted by Gasteiger charge is 2.27. The highest BCUT2D eigenvalue weighted by Crippen LogP contribution is 2.40. The highest BCUT2D eigenvalue weighted by molar-refractivity contribution is 5.65. The van der Waals surface area contributed by atoms with Crippen molar-refractivity contribution < 1.29 is 8.78 Å². The molecule has 33 heavy (non-hydrogen) atoms. The molecule has 1 aliphatic carbocycles. The quantitative estimate of drug-likeness (QED) is 0.473. The summed E-state index contributed by atoms with van der Waals surface area (Å²) >= 11 is 0. The molecule has 0 N–H and O–H groups in total. The van der Waals surface area contributed by atoms with E-state index < -0.39 is 17.2 Å². The van der Waals surface area contributed by atoms with Crippen molar-refractivity contribution in [2.75, 3.05) is 18.0 Å². The van der Waals surface area contributed by atoms with Gasteiger partial charge in [-0.25, -0.2) is 14.2 Å². The van der Waals surface area contributed by atoms with Crippen molar-refractivity contribution in [1.29, 1.82) is 0 Å². The summed E-state index contributed by atoms with van der Waals surface area (Å²) in [4.78, 5) is 22.8. The lowest BCUT2D eigenvalue weighted by Crippen LogP contribution is -2.37. The minimum Gasteiger partial charge on any atom is -0.354 e. The second kappa shape index (κ2) is 8.43. The second-order valence-corrected chi connectivity index (χ2v) is 9.03. The molecule has 0 spiro atoms. The molecule has 1 aromatic heterocycles. The Hall–Kier alpha value is -3.53. The number of hydrogen-bond acceptors (Lipinski definition) is 3. The number of anilines is 1. The Kier molecular flexibility index (Phi) is 5.45. The van der Waals surface area contributed by atoms with Gasteiger partial charge in [0.1, 0.15) is 11.6 Å². The average Bonchev–Trinajstić information content (AvgIpc) is 3.67. The summed E-state index contributed by atoms with van der Waals surface area (Å²) in [6.07, 6.45) is 4.07. The third-order valence-corrected chi connectivity index (χ3v) is 6.62. The fraction of sp³-hybridized carbons (Fsp3) is 0.346. The van der Waals surface area contributed by atoms with Gasteiger partial charge in [0.15, 0.2) is 5.82 Å². The van der Waals surface area contributed by atoms with Gasteiger partial charge in [-0.05, 0) is 61.3 Å². The zero-order chi connectivity index (χ0) is 23.1. The van der Waals surface area contributed by atoms with Crippen LogP contribution in [0.1, 0.15) is 44.1 Å². The van der Waals surface area contributed by atoms with Gasteiger partial charge in [0.05, 0.1) is 12.3 Å². The topological polar surface area (TPSA) is 42.5 Å². The van der Waals surface area contributed by atoms with Crippen molar-refractivity contribution in [3.8, 4) is 17.1 Å². The van der Waals surface area contributed by atoms with Gasteiger partial charge in [0, 0.05) is 18.7 Å². The molecule has 0 amide bonds. The van der Waals surface area contributed by atoms with E-state index in [2.05, 4.69) is 16.8 Å². The number of benzene rings is 2. The summed E-state index contributed by atoms with van der Waals surface area (Å²) in [7, 11) is 0. The maximum Gasteiger partial charge on any atom is 0.296 e. The van der Waals surface area contributed by atoms with Crippen molar-refractivity contribution in [3.63, 3.8) is 0 Å². The van der Waals surface area contributed by atoms with Crippen molar-refractivity contribution in [3.05, 3.63) is 81.4 Å². The molecule has 0 unspecified atom stereocenters. The number of piperidine rings is 1. The Labute approximate surface area is 191 Å². The predicted molar refractivity (Wildman–Crippen MR) is 124 cm³/mol.